The maximum Gasteiger partial charge on any atom is 0.191 e. The summed E-state index contributed by atoms with van der Waals surface area (Å²) in [7, 11) is 0. The minimum atomic E-state index is 0. The Labute approximate surface area is 174 Å². The van der Waals surface area contributed by atoms with Crippen molar-refractivity contribution in [3.8, 4) is 0 Å². The Morgan fingerprint density at radius 3 is 2.77 bits per heavy atom. The molecule has 2 heterocycles. The van der Waals surface area contributed by atoms with Gasteiger partial charge in [0.1, 0.15) is 12.2 Å². The van der Waals surface area contributed by atoms with Gasteiger partial charge < -0.3 is 20.1 Å². The summed E-state index contributed by atoms with van der Waals surface area (Å²) in [5.74, 6) is 1.88. The van der Waals surface area contributed by atoms with E-state index < -0.39 is 0 Å². The Kier molecular flexibility index (Phi) is 11.5. The topological polar surface area (TPSA) is 70.4 Å². The molecule has 2 N–H and O–H groups in total. The van der Waals surface area contributed by atoms with Gasteiger partial charge in [0.2, 0.25) is 0 Å². The van der Waals surface area contributed by atoms with Crippen LogP contribution in [0.25, 0.3) is 0 Å². The third-order valence-electron chi connectivity index (χ3n) is 4.50. The van der Waals surface area contributed by atoms with Crippen LogP contribution in [0.1, 0.15) is 38.9 Å². The number of nitrogens with zero attached hydrogens (tertiary/aromatic N) is 5. The van der Waals surface area contributed by atoms with E-state index in [0.717, 1.165) is 24.7 Å². The molecule has 0 aliphatic carbocycles. The molecule has 0 spiro atoms. The lowest BCUT2D eigenvalue weighted by Crippen LogP contribution is -2.49. The molecule has 0 radical (unpaired) electrons. The van der Waals surface area contributed by atoms with E-state index in [-0.39, 0.29) is 24.0 Å². The van der Waals surface area contributed by atoms with E-state index in [1.54, 1.807) is 6.33 Å². The van der Waals surface area contributed by atoms with E-state index in [1.807, 2.05) is 6.08 Å². The minimum Gasteiger partial charge on any atom is -0.354 e. The molecule has 1 fully saturated rings. The molecule has 1 aliphatic heterocycles. The lowest BCUT2D eigenvalue weighted by atomic mass is 10.1. The van der Waals surface area contributed by atoms with Crippen LogP contribution in [0.5, 0.6) is 0 Å². The molecule has 1 aliphatic rings. The first-order valence-electron chi connectivity index (χ1n) is 9.51. The summed E-state index contributed by atoms with van der Waals surface area (Å²) in [5, 5.41) is 15.0. The smallest absolute Gasteiger partial charge is 0.191 e. The molecular weight excluding hydrogens is 441 g/mol. The third-order valence-corrected chi connectivity index (χ3v) is 4.50. The van der Waals surface area contributed by atoms with Crippen molar-refractivity contribution >= 4 is 29.9 Å². The van der Waals surface area contributed by atoms with Crippen molar-refractivity contribution in [3.63, 3.8) is 0 Å². The monoisotopic (exact) mass is 475 g/mol. The number of aliphatic imine (C=N–C) groups is 1. The number of hydrogen-bond donors (Lipinski definition) is 2. The largest absolute Gasteiger partial charge is 0.354 e. The van der Waals surface area contributed by atoms with Crippen molar-refractivity contribution in [1.82, 2.24) is 30.3 Å². The van der Waals surface area contributed by atoms with Crippen LogP contribution in [-0.4, -0.2) is 64.4 Å². The van der Waals surface area contributed by atoms with Crippen LogP contribution >= 0.6 is 24.0 Å². The molecule has 8 heteroatoms. The van der Waals surface area contributed by atoms with Gasteiger partial charge >= 0.3 is 0 Å². The number of likely N-dealkylation sites (tertiary alicyclic amines) is 1. The van der Waals surface area contributed by atoms with Gasteiger partial charge in [-0.15, -0.1) is 40.8 Å². The Bertz CT molecular complexity index is 535. The predicted octanol–water partition coefficient (Wildman–Crippen LogP) is 2.05. The maximum atomic E-state index is 4.72. The van der Waals surface area contributed by atoms with Crippen LogP contribution in [0.15, 0.2) is 24.0 Å². The second-order valence-electron chi connectivity index (χ2n) is 6.45. The van der Waals surface area contributed by atoms with Crippen LogP contribution in [0.4, 0.5) is 0 Å². The van der Waals surface area contributed by atoms with E-state index >= 15 is 0 Å². The first-order valence-corrected chi connectivity index (χ1v) is 9.51. The number of nitrogens with one attached hydrogen (secondary N) is 2. The second-order valence-corrected chi connectivity index (χ2v) is 6.45. The Balaban J connectivity index is 0.00000338. The minimum absolute atomic E-state index is 0. The summed E-state index contributed by atoms with van der Waals surface area (Å²) < 4.78 is 2.07. The van der Waals surface area contributed by atoms with Crippen molar-refractivity contribution in [2.45, 2.75) is 52.1 Å². The highest BCUT2D eigenvalue weighted by atomic mass is 127. The zero-order valence-electron chi connectivity index (χ0n) is 16.2. The summed E-state index contributed by atoms with van der Waals surface area (Å²) in [6.07, 6.45) is 8.09. The molecule has 0 bridgehead atoms. The zero-order chi connectivity index (χ0) is 17.9. The van der Waals surface area contributed by atoms with Gasteiger partial charge in [0, 0.05) is 38.6 Å². The van der Waals surface area contributed by atoms with Gasteiger partial charge in [0.15, 0.2) is 5.96 Å². The van der Waals surface area contributed by atoms with Crippen LogP contribution in [0, 0.1) is 0 Å². The average Bonchev–Trinajstić information content (AvgIpc) is 3.09. The van der Waals surface area contributed by atoms with Gasteiger partial charge in [-0.3, -0.25) is 4.99 Å². The van der Waals surface area contributed by atoms with Crippen LogP contribution in [0.3, 0.4) is 0 Å². The zero-order valence-corrected chi connectivity index (χ0v) is 18.5. The average molecular weight is 475 g/mol. The third kappa shape index (κ3) is 7.61. The highest BCUT2D eigenvalue weighted by Crippen LogP contribution is 2.10. The lowest BCUT2D eigenvalue weighted by Gasteiger charge is -2.32. The van der Waals surface area contributed by atoms with Crippen molar-refractivity contribution in [3.05, 3.63) is 24.8 Å². The Morgan fingerprint density at radius 1 is 1.35 bits per heavy atom. The summed E-state index contributed by atoms with van der Waals surface area (Å²) in [5.41, 5.74) is 0. The SMILES string of the molecule is C=CCNC(=NCCn1cnnc1CC)NC1CCN(CCC)CC1.I. The van der Waals surface area contributed by atoms with Gasteiger partial charge in [-0.05, 0) is 25.8 Å². The fourth-order valence-electron chi connectivity index (χ4n) is 3.14. The summed E-state index contributed by atoms with van der Waals surface area (Å²) in [4.78, 5) is 7.26. The molecule has 0 amide bonds. The molecule has 0 saturated carbocycles. The first-order chi connectivity index (χ1) is 12.3. The van der Waals surface area contributed by atoms with Crippen LogP contribution in [-0.2, 0) is 13.0 Å². The molecule has 0 aromatic carbocycles. The Morgan fingerprint density at radius 2 is 2.12 bits per heavy atom. The highest BCUT2D eigenvalue weighted by molar-refractivity contribution is 14.0. The fourth-order valence-corrected chi connectivity index (χ4v) is 3.14. The Hall–Kier alpha value is -1.16. The van der Waals surface area contributed by atoms with E-state index in [0.29, 0.717) is 19.1 Å². The van der Waals surface area contributed by atoms with Gasteiger partial charge in [0.05, 0.1) is 6.54 Å². The molecule has 1 saturated heterocycles. The van der Waals surface area contributed by atoms with Crippen molar-refractivity contribution in [1.29, 1.82) is 0 Å². The normalized spacial score (nSPS) is 16.2. The molecule has 0 atom stereocenters. The second kappa shape index (κ2) is 13.1. The standard InChI is InChI=1S/C18H33N7.HI/c1-4-9-19-18(20-10-14-25-15-21-23-17(25)6-3)22-16-7-12-24(11-5-2)13-8-16;/h4,15-16H,1,5-14H2,2-3H3,(H2,19,20,22);1H. The number of halogens is 1. The number of piperidine rings is 1. The van der Waals surface area contributed by atoms with Gasteiger partial charge in [-0.1, -0.05) is 19.9 Å². The van der Waals surface area contributed by atoms with Crippen molar-refractivity contribution in [2.24, 2.45) is 4.99 Å². The lowest BCUT2D eigenvalue weighted by molar-refractivity contribution is 0.206. The number of aromatic nitrogens is 3. The molecule has 7 nitrogen and oxygen atoms in total. The molecule has 2 rings (SSSR count). The first kappa shape index (κ1) is 22.9. The van der Waals surface area contributed by atoms with Crippen LogP contribution in [0.2, 0.25) is 0 Å². The molecule has 148 valence electrons. The van der Waals surface area contributed by atoms with Gasteiger partial charge in [0.25, 0.3) is 0 Å². The van der Waals surface area contributed by atoms with E-state index in [2.05, 4.69) is 50.7 Å². The number of rotatable bonds is 9. The van der Waals surface area contributed by atoms with Gasteiger partial charge in [-0.2, -0.15) is 0 Å². The summed E-state index contributed by atoms with van der Waals surface area (Å²) >= 11 is 0. The van der Waals surface area contributed by atoms with E-state index in [1.165, 1.54) is 38.9 Å². The van der Waals surface area contributed by atoms with E-state index in [4.69, 9.17) is 4.99 Å². The quantitative estimate of drug-likeness (QED) is 0.248. The number of guanidine groups is 1. The summed E-state index contributed by atoms with van der Waals surface area (Å²) in [6.45, 7) is 13.9. The highest BCUT2D eigenvalue weighted by Gasteiger charge is 2.19. The molecule has 1 aromatic rings. The van der Waals surface area contributed by atoms with Crippen molar-refractivity contribution in [2.75, 3.05) is 32.7 Å². The molecule has 26 heavy (non-hydrogen) atoms. The number of hydrogen-bond acceptors (Lipinski definition) is 4. The molecular formula is C18H34IN7. The maximum absolute atomic E-state index is 4.72. The van der Waals surface area contributed by atoms with E-state index in [9.17, 15) is 0 Å². The molecule has 1 aromatic heterocycles. The number of aryl methyl sites for hydroxylation is 1. The fraction of sp³-hybridized carbons (Fsp3) is 0.722. The summed E-state index contributed by atoms with van der Waals surface area (Å²) in [6, 6.07) is 0.491. The molecule has 0 unspecified atom stereocenters. The van der Waals surface area contributed by atoms with Gasteiger partial charge in [-0.25, -0.2) is 0 Å². The van der Waals surface area contributed by atoms with Crippen LogP contribution < -0.4 is 10.6 Å². The van der Waals surface area contributed by atoms with Crippen molar-refractivity contribution < 1.29 is 0 Å². The predicted molar refractivity (Wildman–Crippen MR) is 118 cm³/mol.